The Morgan fingerprint density at radius 1 is 1.37 bits per heavy atom. The van der Waals surface area contributed by atoms with Gasteiger partial charge in [0.05, 0.1) is 29.9 Å². The van der Waals surface area contributed by atoms with E-state index >= 15 is 0 Å². The minimum Gasteiger partial charge on any atom is -0.379 e. The molecule has 1 fully saturated rings. The SMILES string of the molecule is O=C(CC1Sc2ccc(Cl)cc2NC1=O)NCCS(=O)(=O)N1CCOCC1. The first kappa shape index (κ1) is 20.4. The van der Waals surface area contributed by atoms with E-state index in [1.54, 1.807) is 18.2 Å². The number of halogens is 1. The number of sulfonamides is 1. The minimum absolute atomic E-state index is 0.00369. The molecule has 11 heteroatoms. The van der Waals surface area contributed by atoms with Gasteiger partial charge in [0.25, 0.3) is 0 Å². The third-order valence-corrected chi connectivity index (χ3v) is 7.56. The van der Waals surface area contributed by atoms with Gasteiger partial charge in [0, 0.05) is 36.0 Å². The van der Waals surface area contributed by atoms with E-state index in [2.05, 4.69) is 10.6 Å². The molecule has 2 amide bonds. The molecule has 2 aliphatic rings. The number of carbonyl (C=O) groups excluding carboxylic acids is 2. The molecule has 148 valence electrons. The van der Waals surface area contributed by atoms with Crippen LogP contribution in [0.3, 0.4) is 0 Å². The number of anilines is 1. The molecular weight excluding hydrogens is 414 g/mol. The van der Waals surface area contributed by atoms with Crippen LogP contribution in [0.5, 0.6) is 0 Å². The quantitative estimate of drug-likeness (QED) is 0.691. The summed E-state index contributed by atoms with van der Waals surface area (Å²) in [6, 6.07) is 5.18. The standard InChI is InChI=1S/C16H20ClN3O5S2/c17-11-1-2-13-12(9-11)19-16(22)14(26-13)10-15(21)18-3-8-27(23,24)20-4-6-25-7-5-20/h1-2,9,14H,3-8,10H2,(H,18,21)(H,19,22). The predicted octanol–water partition coefficient (Wildman–Crippen LogP) is 0.921. The average Bonchev–Trinajstić information content (AvgIpc) is 2.63. The second kappa shape index (κ2) is 8.78. The first-order valence-corrected chi connectivity index (χ1v) is 11.3. The second-order valence-electron chi connectivity index (χ2n) is 6.12. The van der Waals surface area contributed by atoms with Gasteiger partial charge >= 0.3 is 0 Å². The molecule has 0 saturated carbocycles. The van der Waals surface area contributed by atoms with Gasteiger partial charge < -0.3 is 15.4 Å². The molecule has 0 bridgehead atoms. The van der Waals surface area contributed by atoms with E-state index in [4.69, 9.17) is 16.3 Å². The summed E-state index contributed by atoms with van der Waals surface area (Å²) >= 11 is 7.20. The maximum Gasteiger partial charge on any atom is 0.238 e. The van der Waals surface area contributed by atoms with Gasteiger partial charge in [-0.3, -0.25) is 9.59 Å². The van der Waals surface area contributed by atoms with Gasteiger partial charge in [-0.05, 0) is 18.2 Å². The summed E-state index contributed by atoms with van der Waals surface area (Å²) in [5.41, 5.74) is 0.630. The molecule has 0 aromatic heterocycles. The Morgan fingerprint density at radius 3 is 2.85 bits per heavy atom. The number of carbonyl (C=O) groups is 2. The van der Waals surface area contributed by atoms with Crippen molar-refractivity contribution in [3.63, 3.8) is 0 Å². The van der Waals surface area contributed by atoms with Crippen molar-refractivity contribution in [3.05, 3.63) is 23.2 Å². The second-order valence-corrected chi connectivity index (χ2v) is 9.89. The van der Waals surface area contributed by atoms with Crippen LogP contribution in [0.2, 0.25) is 5.02 Å². The van der Waals surface area contributed by atoms with Crippen molar-refractivity contribution in [2.24, 2.45) is 0 Å². The fraction of sp³-hybridized carbons (Fsp3) is 0.500. The Labute approximate surface area is 167 Å². The molecule has 2 aliphatic heterocycles. The third-order valence-electron chi connectivity index (χ3n) is 4.18. The van der Waals surface area contributed by atoms with Crippen molar-refractivity contribution in [3.8, 4) is 0 Å². The number of morpholine rings is 1. The number of benzene rings is 1. The van der Waals surface area contributed by atoms with E-state index in [1.165, 1.54) is 16.1 Å². The number of hydrogen-bond donors (Lipinski definition) is 2. The third kappa shape index (κ3) is 5.35. The van der Waals surface area contributed by atoms with Gasteiger partial charge in [0.2, 0.25) is 21.8 Å². The number of nitrogens with zero attached hydrogens (tertiary/aromatic N) is 1. The molecule has 1 saturated heterocycles. The van der Waals surface area contributed by atoms with Crippen molar-refractivity contribution >= 4 is 50.9 Å². The zero-order valence-electron chi connectivity index (χ0n) is 14.4. The van der Waals surface area contributed by atoms with E-state index < -0.39 is 15.3 Å². The molecule has 8 nitrogen and oxygen atoms in total. The van der Waals surface area contributed by atoms with Crippen LogP contribution in [0, 0.1) is 0 Å². The normalized spacial score (nSPS) is 20.6. The fourth-order valence-corrected chi connectivity index (χ4v) is 5.36. The maximum atomic E-state index is 12.2. The Hall–Kier alpha value is -1.33. The van der Waals surface area contributed by atoms with Gasteiger partial charge in [0.15, 0.2) is 0 Å². The number of thioether (sulfide) groups is 1. The van der Waals surface area contributed by atoms with Crippen LogP contribution in [0.1, 0.15) is 6.42 Å². The number of fused-ring (bicyclic) bond motifs is 1. The lowest BCUT2D eigenvalue weighted by atomic mass is 10.2. The molecule has 27 heavy (non-hydrogen) atoms. The Bertz CT molecular complexity index is 827. The van der Waals surface area contributed by atoms with Gasteiger partial charge in [-0.1, -0.05) is 11.6 Å². The van der Waals surface area contributed by atoms with Crippen LogP contribution in [0.25, 0.3) is 0 Å². The minimum atomic E-state index is -3.43. The van der Waals surface area contributed by atoms with Gasteiger partial charge in [-0.2, -0.15) is 4.31 Å². The van der Waals surface area contributed by atoms with Gasteiger partial charge in [0.1, 0.15) is 0 Å². The maximum absolute atomic E-state index is 12.2. The number of amides is 2. The van der Waals surface area contributed by atoms with E-state index in [9.17, 15) is 18.0 Å². The van der Waals surface area contributed by atoms with Crippen molar-refractivity contribution < 1.29 is 22.7 Å². The zero-order valence-corrected chi connectivity index (χ0v) is 16.8. The molecule has 1 aromatic rings. The van der Waals surface area contributed by atoms with Crippen LogP contribution in [-0.4, -0.2) is 68.4 Å². The van der Waals surface area contributed by atoms with Gasteiger partial charge in [-0.25, -0.2) is 8.42 Å². The largest absolute Gasteiger partial charge is 0.379 e. The zero-order chi connectivity index (χ0) is 19.4. The molecule has 0 spiro atoms. The van der Waals surface area contributed by atoms with Crippen molar-refractivity contribution in [2.45, 2.75) is 16.6 Å². The van der Waals surface area contributed by atoms with Crippen LogP contribution >= 0.6 is 23.4 Å². The highest BCUT2D eigenvalue weighted by molar-refractivity contribution is 8.01. The van der Waals surface area contributed by atoms with Crippen LogP contribution < -0.4 is 10.6 Å². The summed E-state index contributed by atoms with van der Waals surface area (Å²) in [7, 11) is -3.43. The highest BCUT2D eigenvalue weighted by atomic mass is 35.5. The molecule has 2 heterocycles. The lowest BCUT2D eigenvalue weighted by Gasteiger charge is -2.26. The number of nitrogens with one attached hydrogen (secondary N) is 2. The first-order chi connectivity index (χ1) is 12.8. The fourth-order valence-electron chi connectivity index (χ4n) is 2.77. The first-order valence-electron chi connectivity index (χ1n) is 8.44. The number of hydrogen-bond acceptors (Lipinski definition) is 6. The van der Waals surface area contributed by atoms with Crippen LogP contribution in [0.4, 0.5) is 5.69 Å². The average molecular weight is 434 g/mol. The lowest BCUT2D eigenvalue weighted by molar-refractivity contribution is -0.123. The van der Waals surface area contributed by atoms with Crippen LogP contribution in [0.15, 0.2) is 23.1 Å². The molecule has 1 aromatic carbocycles. The van der Waals surface area contributed by atoms with E-state index in [0.717, 1.165) is 4.90 Å². The monoisotopic (exact) mass is 433 g/mol. The summed E-state index contributed by atoms with van der Waals surface area (Å²) in [6.07, 6.45) is -0.0316. The smallest absolute Gasteiger partial charge is 0.238 e. The topological polar surface area (TPSA) is 105 Å². The van der Waals surface area contributed by atoms with Crippen molar-refractivity contribution in [1.82, 2.24) is 9.62 Å². The molecular formula is C16H20ClN3O5S2. The van der Waals surface area contributed by atoms with Crippen molar-refractivity contribution in [1.29, 1.82) is 0 Å². The summed E-state index contributed by atoms with van der Waals surface area (Å²) in [5, 5.41) is 5.28. The molecule has 0 radical (unpaired) electrons. The number of rotatable bonds is 6. The highest BCUT2D eigenvalue weighted by Crippen LogP contribution is 2.38. The molecule has 1 unspecified atom stereocenters. The Balaban J connectivity index is 1.48. The Kier molecular flexibility index (Phi) is 6.64. The number of ether oxygens (including phenoxy) is 1. The Morgan fingerprint density at radius 2 is 2.11 bits per heavy atom. The van der Waals surface area contributed by atoms with Gasteiger partial charge in [-0.15, -0.1) is 11.8 Å². The molecule has 2 N–H and O–H groups in total. The lowest BCUT2D eigenvalue weighted by Crippen LogP contribution is -2.44. The molecule has 1 atom stereocenters. The highest BCUT2D eigenvalue weighted by Gasteiger charge is 2.29. The van der Waals surface area contributed by atoms with Crippen LogP contribution in [-0.2, 0) is 24.3 Å². The summed E-state index contributed by atoms with van der Waals surface area (Å²) in [6.45, 7) is 1.43. The van der Waals surface area contributed by atoms with E-state index in [-0.39, 0.29) is 30.5 Å². The summed E-state index contributed by atoms with van der Waals surface area (Å²) in [4.78, 5) is 25.1. The summed E-state index contributed by atoms with van der Waals surface area (Å²) in [5.74, 6) is -0.813. The summed E-state index contributed by atoms with van der Waals surface area (Å²) < 4.78 is 30.9. The van der Waals surface area contributed by atoms with Crippen molar-refractivity contribution in [2.75, 3.05) is 43.9 Å². The predicted molar refractivity (Wildman–Crippen MR) is 104 cm³/mol. The molecule has 3 rings (SSSR count). The molecule has 0 aliphatic carbocycles. The van der Waals surface area contributed by atoms with E-state index in [1.807, 2.05) is 0 Å². The van der Waals surface area contributed by atoms with E-state index in [0.29, 0.717) is 37.0 Å².